The summed E-state index contributed by atoms with van der Waals surface area (Å²) in [6, 6.07) is 41.5. The molecule has 0 radical (unpaired) electrons. The molecule has 1 atom stereocenters. The van der Waals surface area contributed by atoms with Crippen LogP contribution in [0.15, 0.2) is 146 Å². The van der Waals surface area contributed by atoms with Crippen LogP contribution in [0.25, 0.3) is 73.7 Å². The van der Waals surface area contributed by atoms with Gasteiger partial charge in [-0.1, -0.05) is 85.5 Å². The summed E-state index contributed by atoms with van der Waals surface area (Å²) in [6.07, 6.45) is 9.70. The molecule has 7 nitrogen and oxygen atoms in total. The average Bonchev–Trinajstić information content (AvgIpc) is 3.83. The van der Waals surface area contributed by atoms with Crippen LogP contribution in [0.2, 0.25) is 0 Å². The van der Waals surface area contributed by atoms with Gasteiger partial charge in [-0.15, -0.1) is 0 Å². The Balaban J connectivity index is 0.998. The molecular formula is C46H32N6O. The molecule has 9 aromatic rings. The second-order valence-corrected chi connectivity index (χ2v) is 13.8. The fourth-order valence-corrected chi connectivity index (χ4v) is 8.28. The summed E-state index contributed by atoms with van der Waals surface area (Å²) in [7, 11) is 0. The first-order chi connectivity index (χ1) is 26.1. The monoisotopic (exact) mass is 684 g/mol. The van der Waals surface area contributed by atoms with E-state index in [-0.39, 0.29) is 5.92 Å². The number of hydrogen-bond donors (Lipinski definition) is 0. The summed E-state index contributed by atoms with van der Waals surface area (Å²) in [5.41, 5.74) is 12.6. The summed E-state index contributed by atoms with van der Waals surface area (Å²) in [5, 5.41) is 2.14. The van der Waals surface area contributed by atoms with Crippen LogP contribution >= 0.6 is 0 Å². The van der Waals surface area contributed by atoms with Gasteiger partial charge in [-0.25, -0.2) is 15.0 Å². The Morgan fingerprint density at radius 3 is 2.42 bits per heavy atom. The summed E-state index contributed by atoms with van der Waals surface area (Å²) in [4.78, 5) is 15.5. The molecule has 1 unspecified atom stereocenters. The number of nitrogens with zero attached hydrogens (tertiary/aromatic N) is 6. The Hall–Kier alpha value is -6.99. The predicted molar refractivity (Wildman–Crippen MR) is 213 cm³/mol. The van der Waals surface area contributed by atoms with Crippen LogP contribution in [0.4, 0.5) is 0 Å². The molecule has 7 heteroatoms. The maximum atomic E-state index is 6.27. The number of aryl methyl sites for hydroxylation is 1. The van der Waals surface area contributed by atoms with Crippen LogP contribution < -0.4 is 4.74 Å². The second-order valence-electron chi connectivity index (χ2n) is 13.8. The average molecular weight is 685 g/mol. The quantitative estimate of drug-likeness (QED) is 0.169. The molecule has 4 aromatic heterocycles. The highest BCUT2D eigenvalue weighted by Crippen LogP contribution is 2.46. The predicted octanol–water partition coefficient (Wildman–Crippen LogP) is 10.7. The van der Waals surface area contributed by atoms with E-state index in [2.05, 4.69) is 124 Å². The van der Waals surface area contributed by atoms with E-state index in [1.165, 1.54) is 10.9 Å². The van der Waals surface area contributed by atoms with Crippen molar-refractivity contribution >= 4 is 50.8 Å². The van der Waals surface area contributed by atoms with E-state index in [9.17, 15) is 0 Å². The topological polar surface area (TPSA) is 62.2 Å². The van der Waals surface area contributed by atoms with Gasteiger partial charge in [0.1, 0.15) is 11.5 Å². The Morgan fingerprint density at radius 1 is 0.755 bits per heavy atom. The Morgan fingerprint density at radius 2 is 1.51 bits per heavy atom. The summed E-state index contributed by atoms with van der Waals surface area (Å²) < 4.78 is 13.0. The van der Waals surface area contributed by atoms with Gasteiger partial charge in [0, 0.05) is 28.2 Å². The van der Waals surface area contributed by atoms with E-state index in [0.717, 1.165) is 90.8 Å². The third-order valence-corrected chi connectivity index (χ3v) is 10.8. The van der Waals surface area contributed by atoms with Crippen molar-refractivity contribution in [3.05, 3.63) is 168 Å². The van der Waals surface area contributed by atoms with Crippen molar-refractivity contribution < 1.29 is 4.74 Å². The molecule has 5 aromatic carbocycles. The lowest BCUT2D eigenvalue weighted by molar-refractivity contribution is 0.486. The van der Waals surface area contributed by atoms with Crippen LogP contribution in [-0.4, -0.2) is 28.5 Å². The minimum absolute atomic E-state index is 0.119. The van der Waals surface area contributed by atoms with Gasteiger partial charge < -0.3 is 4.74 Å². The molecule has 2 aliphatic rings. The Labute approximate surface area is 305 Å². The first-order valence-electron chi connectivity index (χ1n) is 17.9. The molecule has 0 N–H and O–H groups in total. The first-order valence-corrected chi connectivity index (χ1v) is 17.9. The number of allylic oxidation sites excluding steroid dienone is 3. The Kier molecular flexibility index (Phi) is 6.31. The third-order valence-electron chi connectivity index (χ3n) is 10.8. The van der Waals surface area contributed by atoms with Gasteiger partial charge in [0.2, 0.25) is 11.7 Å². The number of imidazole rings is 2. The zero-order chi connectivity index (χ0) is 35.2. The molecule has 0 spiro atoms. The molecule has 1 aliphatic heterocycles. The van der Waals surface area contributed by atoms with Crippen molar-refractivity contribution in [2.45, 2.75) is 13.3 Å². The van der Waals surface area contributed by atoms with Gasteiger partial charge in [0.05, 0.1) is 44.5 Å². The third kappa shape index (κ3) is 4.37. The Bertz CT molecular complexity index is 3050. The molecule has 0 saturated carbocycles. The number of benzene rings is 5. The van der Waals surface area contributed by atoms with Crippen molar-refractivity contribution in [3.63, 3.8) is 0 Å². The summed E-state index contributed by atoms with van der Waals surface area (Å²) >= 11 is 0. The van der Waals surface area contributed by atoms with Gasteiger partial charge in [-0.3, -0.25) is 13.5 Å². The van der Waals surface area contributed by atoms with Crippen molar-refractivity contribution in [1.29, 1.82) is 0 Å². The molecule has 0 bridgehead atoms. The van der Waals surface area contributed by atoms with Crippen LogP contribution in [-0.2, 0) is 6.42 Å². The molecule has 0 amide bonds. The van der Waals surface area contributed by atoms with E-state index < -0.39 is 0 Å². The van der Waals surface area contributed by atoms with Gasteiger partial charge in [0.25, 0.3) is 0 Å². The van der Waals surface area contributed by atoms with Gasteiger partial charge >= 0.3 is 0 Å². The number of fused-ring (bicyclic) bond motifs is 8. The van der Waals surface area contributed by atoms with Crippen molar-refractivity contribution in [3.8, 4) is 34.4 Å². The molecule has 5 heterocycles. The van der Waals surface area contributed by atoms with Gasteiger partial charge in [-0.05, 0) is 91.2 Å². The van der Waals surface area contributed by atoms with Crippen LogP contribution in [0.5, 0.6) is 11.5 Å². The molecule has 0 fully saturated rings. The minimum atomic E-state index is 0.119. The zero-order valence-electron chi connectivity index (χ0n) is 28.9. The SMILES string of the molecule is C=C(/C=C\c1c(C)n2c3ccccc3nc2n1-c1ccccc1)C1C=Cc2c(c3ccccc3n2-c2nc3c4c(cccc4n2)Oc2ccccc2-3)C1. The smallest absolute Gasteiger partial charge is 0.235 e. The zero-order valence-corrected chi connectivity index (χ0v) is 28.9. The molecule has 53 heavy (non-hydrogen) atoms. The van der Waals surface area contributed by atoms with Crippen molar-refractivity contribution in [2.24, 2.45) is 5.92 Å². The second kappa shape index (κ2) is 11.3. The van der Waals surface area contributed by atoms with E-state index in [4.69, 9.17) is 19.7 Å². The number of rotatable bonds is 5. The van der Waals surface area contributed by atoms with E-state index in [0.29, 0.717) is 5.95 Å². The molecule has 0 saturated heterocycles. The van der Waals surface area contributed by atoms with Gasteiger partial charge in [0.15, 0.2) is 0 Å². The maximum absolute atomic E-state index is 6.27. The van der Waals surface area contributed by atoms with E-state index in [1.807, 2.05) is 48.5 Å². The highest BCUT2D eigenvalue weighted by atomic mass is 16.5. The lowest BCUT2D eigenvalue weighted by Crippen LogP contribution is -2.11. The largest absolute Gasteiger partial charge is 0.456 e. The standard InChI is InChI=1S/C46H32N6O/c1-28(23-25-37-29(2)50-40-20-10-8-17-35(40)48-46(50)51(37)31-13-4-3-5-14-31)30-24-26-39-34(27-30)32-15-6-9-19-38(32)52(39)45-47-36-18-12-22-42-43(36)44(49-45)33-16-7-11-21-41(33)53-42/h3-26,30H,1,27H2,2H3/b25-23-. The molecule has 11 rings (SSSR count). The first kappa shape index (κ1) is 29.7. The summed E-state index contributed by atoms with van der Waals surface area (Å²) in [6.45, 7) is 6.78. The molecule has 252 valence electrons. The lowest BCUT2D eigenvalue weighted by atomic mass is 9.87. The number of para-hydroxylation sites is 5. The number of hydrogen-bond acceptors (Lipinski definition) is 4. The van der Waals surface area contributed by atoms with Crippen molar-refractivity contribution in [2.75, 3.05) is 0 Å². The van der Waals surface area contributed by atoms with Crippen LogP contribution in [0.1, 0.15) is 22.6 Å². The number of ether oxygens (including phenoxy) is 1. The maximum Gasteiger partial charge on any atom is 0.235 e. The van der Waals surface area contributed by atoms with E-state index in [1.54, 1.807) is 0 Å². The summed E-state index contributed by atoms with van der Waals surface area (Å²) in [5.74, 6) is 3.25. The van der Waals surface area contributed by atoms with Crippen LogP contribution in [0.3, 0.4) is 0 Å². The minimum Gasteiger partial charge on any atom is -0.456 e. The highest BCUT2D eigenvalue weighted by Gasteiger charge is 2.28. The molecule has 1 aliphatic carbocycles. The fourth-order valence-electron chi connectivity index (χ4n) is 8.28. The van der Waals surface area contributed by atoms with Crippen molar-refractivity contribution in [1.82, 2.24) is 28.5 Å². The molecular weight excluding hydrogens is 653 g/mol. The van der Waals surface area contributed by atoms with Crippen LogP contribution in [0, 0.1) is 12.8 Å². The lowest BCUT2D eigenvalue weighted by Gasteiger charge is -2.22. The number of aromatic nitrogens is 6. The fraction of sp³-hybridized carbons (Fsp3) is 0.0652. The van der Waals surface area contributed by atoms with E-state index >= 15 is 0 Å². The normalized spacial score (nSPS) is 14.7. The highest BCUT2D eigenvalue weighted by molar-refractivity contribution is 6.01. The van der Waals surface area contributed by atoms with Gasteiger partial charge in [-0.2, -0.15) is 0 Å².